The van der Waals surface area contributed by atoms with E-state index in [0.29, 0.717) is 11.1 Å². The van der Waals surface area contributed by atoms with Crippen molar-refractivity contribution >= 4 is 0 Å². The van der Waals surface area contributed by atoms with E-state index in [1.165, 1.54) is 18.2 Å². The highest BCUT2D eigenvalue weighted by Gasteiger charge is 2.31. The van der Waals surface area contributed by atoms with Gasteiger partial charge in [0.25, 0.3) is 0 Å². The normalized spacial score (nSPS) is 12.2. The SMILES string of the molecule is Cc1ccccc1-c1cc(C(OCc2cccc(OC(F)(F)F)c2)c2cncn2C)ccc1C#N. The van der Waals surface area contributed by atoms with Crippen molar-refractivity contribution < 1.29 is 22.6 Å². The summed E-state index contributed by atoms with van der Waals surface area (Å²) in [4.78, 5) is 4.19. The molecule has 0 bridgehead atoms. The second kappa shape index (κ2) is 10.0. The molecule has 0 aliphatic rings. The van der Waals surface area contributed by atoms with Crippen LogP contribution in [0.25, 0.3) is 11.1 Å². The standard InChI is InChI=1S/C27H22F3N3O2/c1-18-6-3-4-9-23(18)24-13-20(10-11-21(24)14-31)26(25-15-32-17-33(25)2)34-16-19-7-5-8-22(12-19)35-27(28,29)30/h3-13,15,17,26H,16H2,1-2H3. The van der Waals surface area contributed by atoms with E-state index in [1.54, 1.807) is 24.7 Å². The molecule has 0 amide bonds. The van der Waals surface area contributed by atoms with Crippen LogP contribution in [0.4, 0.5) is 13.2 Å². The van der Waals surface area contributed by atoms with E-state index in [1.807, 2.05) is 54.9 Å². The first-order chi connectivity index (χ1) is 16.7. The minimum Gasteiger partial charge on any atom is -0.406 e. The van der Waals surface area contributed by atoms with Gasteiger partial charge in [0.2, 0.25) is 0 Å². The molecule has 0 aliphatic heterocycles. The largest absolute Gasteiger partial charge is 0.573 e. The summed E-state index contributed by atoms with van der Waals surface area (Å²) in [6.45, 7) is 2.01. The molecule has 3 aromatic carbocycles. The van der Waals surface area contributed by atoms with Gasteiger partial charge in [-0.15, -0.1) is 13.2 Å². The maximum absolute atomic E-state index is 12.6. The van der Waals surface area contributed by atoms with E-state index < -0.39 is 12.5 Å². The lowest BCUT2D eigenvalue weighted by molar-refractivity contribution is -0.274. The molecule has 1 atom stereocenters. The number of rotatable bonds is 7. The minimum absolute atomic E-state index is 0.0323. The van der Waals surface area contributed by atoms with Crippen LogP contribution in [0.5, 0.6) is 5.75 Å². The van der Waals surface area contributed by atoms with Crippen molar-refractivity contribution in [2.24, 2.45) is 7.05 Å². The Morgan fingerprint density at radius 2 is 1.83 bits per heavy atom. The first kappa shape index (κ1) is 24.0. The summed E-state index contributed by atoms with van der Waals surface area (Å²) < 4.78 is 49.9. The van der Waals surface area contributed by atoms with Crippen LogP contribution in [0, 0.1) is 18.3 Å². The van der Waals surface area contributed by atoms with Crippen LogP contribution in [-0.4, -0.2) is 15.9 Å². The quantitative estimate of drug-likeness (QED) is 0.306. The molecule has 1 aromatic heterocycles. The molecule has 0 radical (unpaired) electrons. The van der Waals surface area contributed by atoms with Gasteiger partial charge in [-0.25, -0.2) is 4.98 Å². The number of aryl methyl sites for hydroxylation is 2. The summed E-state index contributed by atoms with van der Waals surface area (Å²) in [5, 5.41) is 9.70. The third-order valence-corrected chi connectivity index (χ3v) is 5.57. The highest BCUT2D eigenvalue weighted by Crippen LogP contribution is 2.34. The number of nitrogens with zero attached hydrogens (tertiary/aromatic N) is 3. The predicted molar refractivity (Wildman–Crippen MR) is 124 cm³/mol. The lowest BCUT2D eigenvalue weighted by Crippen LogP contribution is -2.17. The predicted octanol–water partition coefficient (Wildman–Crippen LogP) is 6.47. The maximum atomic E-state index is 12.6. The summed E-state index contributed by atoms with van der Waals surface area (Å²) >= 11 is 0. The van der Waals surface area contributed by atoms with E-state index >= 15 is 0 Å². The fourth-order valence-corrected chi connectivity index (χ4v) is 3.90. The molecule has 0 saturated carbocycles. The minimum atomic E-state index is -4.77. The Balaban J connectivity index is 1.70. The number of benzene rings is 3. The second-order valence-electron chi connectivity index (χ2n) is 8.05. The Kier molecular flexibility index (Phi) is 6.90. The Morgan fingerprint density at radius 3 is 2.51 bits per heavy atom. The van der Waals surface area contributed by atoms with Gasteiger partial charge < -0.3 is 14.0 Å². The number of ether oxygens (including phenoxy) is 2. The highest BCUT2D eigenvalue weighted by molar-refractivity contribution is 5.74. The summed E-state index contributed by atoms with van der Waals surface area (Å²) in [6, 6.07) is 21.2. The molecule has 5 nitrogen and oxygen atoms in total. The van der Waals surface area contributed by atoms with Gasteiger partial charge >= 0.3 is 6.36 Å². The molecule has 4 rings (SSSR count). The molecular formula is C27H22F3N3O2. The molecule has 0 spiro atoms. The molecule has 8 heteroatoms. The topological polar surface area (TPSA) is 60.1 Å². The second-order valence-corrected chi connectivity index (χ2v) is 8.05. The Morgan fingerprint density at radius 1 is 1.03 bits per heavy atom. The van der Waals surface area contributed by atoms with Gasteiger partial charge in [0.1, 0.15) is 11.9 Å². The molecule has 0 N–H and O–H groups in total. The van der Waals surface area contributed by atoms with Crippen molar-refractivity contribution in [1.82, 2.24) is 9.55 Å². The Labute approximate surface area is 201 Å². The Bertz CT molecular complexity index is 1370. The zero-order chi connectivity index (χ0) is 25.0. The average molecular weight is 477 g/mol. The van der Waals surface area contributed by atoms with E-state index in [4.69, 9.17) is 4.74 Å². The van der Waals surface area contributed by atoms with E-state index in [9.17, 15) is 18.4 Å². The van der Waals surface area contributed by atoms with Crippen LogP contribution in [-0.2, 0) is 18.4 Å². The number of halogens is 3. The smallest absolute Gasteiger partial charge is 0.406 e. The van der Waals surface area contributed by atoms with Crippen LogP contribution in [0.3, 0.4) is 0 Å². The van der Waals surface area contributed by atoms with E-state index in [-0.39, 0.29) is 12.4 Å². The van der Waals surface area contributed by atoms with Gasteiger partial charge in [-0.3, -0.25) is 0 Å². The number of imidazole rings is 1. The van der Waals surface area contributed by atoms with Crippen LogP contribution in [0.15, 0.2) is 79.3 Å². The molecule has 0 aliphatic carbocycles. The molecular weight excluding hydrogens is 455 g/mol. The van der Waals surface area contributed by atoms with Crippen LogP contribution < -0.4 is 4.74 Å². The number of hydrogen-bond acceptors (Lipinski definition) is 4. The van der Waals surface area contributed by atoms with Crippen molar-refractivity contribution in [3.05, 3.63) is 107 Å². The molecule has 0 saturated heterocycles. The van der Waals surface area contributed by atoms with Gasteiger partial charge in [-0.05, 0) is 53.4 Å². The van der Waals surface area contributed by atoms with Gasteiger partial charge in [-0.2, -0.15) is 5.26 Å². The van der Waals surface area contributed by atoms with Crippen molar-refractivity contribution in [1.29, 1.82) is 5.26 Å². The van der Waals surface area contributed by atoms with Crippen LogP contribution >= 0.6 is 0 Å². The molecule has 1 unspecified atom stereocenters. The molecule has 0 fully saturated rings. The first-order valence-corrected chi connectivity index (χ1v) is 10.8. The van der Waals surface area contributed by atoms with E-state index in [2.05, 4.69) is 15.8 Å². The summed E-state index contributed by atoms with van der Waals surface area (Å²) in [6.07, 6.45) is -2.02. The Hall–Kier alpha value is -4.09. The molecule has 1 heterocycles. The van der Waals surface area contributed by atoms with Crippen LogP contribution in [0.1, 0.15) is 34.1 Å². The molecule has 4 aromatic rings. The first-order valence-electron chi connectivity index (χ1n) is 10.8. The van der Waals surface area contributed by atoms with Crippen LogP contribution in [0.2, 0.25) is 0 Å². The molecule has 178 valence electrons. The van der Waals surface area contributed by atoms with Crippen molar-refractivity contribution in [3.63, 3.8) is 0 Å². The van der Waals surface area contributed by atoms with Crippen molar-refractivity contribution in [2.75, 3.05) is 0 Å². The average Bonchev–Trinajstić information content (AvgIpc) is 3.24. The van der Waals surface area contributed by atoms with Crippen molar-refractivity contribution in [3.8, 4) is 22.9 Å². The zero-order valence-corrected chi connectivity index (χ0v) is 19.1. The van der Waals surface area contributed by atoms with Crippen molar-refractivity contribution in [2.45, 2.75) is 26.0 Å². The van der Waals surface area contributed by atoms with Gasteiger partial charge in [0.05, 0.1) is 36.5 Å². The maximum Gasteiger partial charge on any atom is 0.573 e. The zero-order valence-electron chi connectivity index (χ0n) is 19.1. The summed E-state index contributed by atoms with van der Waals surface area (Å²) in [5.74, 6) is -0.309. The number of aromatic nitrogens is 2. The van der Waals surface area contributed by atoms with E-state index in [0.717, 1.165) is 27.9 Å². The lowest BCUT2D eigenvalue weighted by atomic mass is 9.93. The fraction of sp³-hybridized carbons (Fsp3) is 0.185. The van der Waals surface area contributed by atoms with Gasteiger partial charge in [-0.1, -0.05) is 42.5 Å². The lowest BCUT2D eigenvalue weighted by Gasteiger charge is -2.21. The number of alkyl halides is 3. The fourth-order valence-electron chi connectivity index (χ4n) is 3.90. The third kappa shape index (κ3) is 5.70. The third-order valence-electron chi connectivity index (χ3n) is 5.57. The highest BCUT2D eigenvalue weighted by atomic mass is 19.4. The van der Waals surface area contributed by atoms with Gasteiger partial charge in [0.15, 0.2) is 0 Å². The number of hydrogen-bond donors (Lipinski definition) is 0. The number of nitriles is 1. The summed E-state index contributed by atoms with van der Waals surface area (Å²) in [5.41, 5.74) is 5.34. The monoisotopic (exact) mass is 477 g/mol. The molecule has 35 heavy (non-hydrogen) atoms. The van der Waals surface area contributed by atoms with Gasteiger partial charge in [0, 0.05) is 12.6 Å². The summed E-state index contributed by atoms with van der Waals surface area (Å²) in [7, 11) is 1.84.